The molecule has 0 saturated heterocycles. The van der Waals surface area contributed by atoms with Crippen molar-refractivity contribution in [3.63, 3.8) is 0 Å². The second kappa shape index (κ2) is 6.15. The van der Waals surface area contributed by atoms with Gasteiger partial charge in [0.05, 0.1) is 5.69 Å². The molecule has 0 unspecified atom stereocenters. The molecule has 0 heterocycles. The van der Waals surface area contributed by atoms with E-state index in [9.17, 15) is 4.79 Å². The number of hydrogen-bond acceptors (Lipinski definition) is 2. The summed E-state index contributed by atoms with van der Waals surface area (Å²) in [4.78, 5) is 12.4. The average molecular weight is 349 g/mol. The van der Waals surface area contributed by atoms with Gasteiger partial charge in [-0.3, -0.25) is 4.79 Å². The number of aryl methyl sites for hydroxylation is 1. The largest absolute Gasteiger partial charge is 0.389 e. The van der Waals surface area contributed by atoms with Crippen molar-refractivity contribution in [2.24, 2.45) is 5.73 Å². The zero-order chi connectivity index (χ0) is 14.7. The standard InChI is InChI=1S/C15H13BrN2OS/c1-9-2-4-10(5-3-9)15(19)18-13-8-11(16)6-7-12(13)14(17)20/h2-8H,1H3,(H2,17,20)(H,18,19). The van der Waals surface area contributed by atoms with E-state index in [4.69, 9.17) is 18.0 Å². The van der Waals surface area contributed by atoms with E-state index in [1.165, 1.54) is 0 Å². The number of nitrogens with two attached hydrogens (primary N) is 1. The minimum absolute atomic E-state index is 0.194. The highest BCUT2D eigenvalue weighted by atomic mass is 79.9. The fourth-order valence-corrected chi connectivity index (χ4v) is 2.27. The van der Waals surface area contributed by atoms with Crippen LogP contribution in [0.5, 0.6) is 0 Å². The molecule has 2 aromatic carbocycles. The monoisotopic (exact) mass is 348 g/mol. The Morgan fingerprint density at radius 1 is 1.20 bits per heavy atom. The zero-order valence-electron chi connectivity index (χ0n) is 10.8. The molecule has 0 fully saturated rings. The van der Waals surface area contributed by atoms with Crippen LogP contribution < -0.4 is 11.1 Å². The number of thiocarbonyl (C=S) groups is 1. The van der Waals surface area contributed by atoms with Gasteiger partial charge in [-0.1, -0.05) is 45.8 Å². The molecular weight excluding hydrogens is 336 g/mol. The molecule has 0 aromatic heterocycles. The highest BCUT2D eigenvalue weighted by Gasteiger charge is 2.11. The van der Waals surface area contributed by atoms with Crippen molar-refractivity contribution < 1.29 is 4.79 Å². The van der Waals surface area contributed by atoms with Crippen LogP contribution in [-0.4, -0.2) is 10.9 Å². The molecule has 0 bridgehead atoms. The quantitative estimate of drug-likeness (QED) is 0.832. The van der Waals surface area contributed by atoms with E-state index < -0.39 is 0 Å². The highest BCUT2D eigenvalue weighted by molar-refractivity contribution is 9.10. The van der Waals surface area contributed by atoms with Crippen molar-refractivity contribution in [1.82, 2.24) is 0 Å². The van der Waals surface area contributed by atoms with Gasteiger partial charge >= 0.3 is 0 Å². The number of rotatable bonds is 3. The third-order valence-corrected chi connectivity index (χ3v) is 3.52. The molecule has 0 aliphatic heterocycles. The summed E-state index contributed by atoms with van der Waals surface area (Å²) in [5, 5.41) is 2.83. The molecule has 2 rings (SSSR count). The molecule has 0 aliphatic rings. The predicted octanol–water partition coefficient (Wildman–Crippen LogP) is 3.64. The summed E-state index contributed by atoms with van der Waals surface area (Å²) >= 11 is 8.36. The first-order chi connectivity index (χ1) is 9.47. The molecule has 0 atom stereocenters. The zero-order valence-corrected chi connectivity index (χ0v) is 13.2. The Labute approximate surface area is 131 Å². The van der Waals surface area contributed by atoms with Crippen molar-refractivity contribution in [3.05, 3.63) is 63.6 Å². The Balaban J connectivity index is 2.29. The summed E-state index contributed by atoms with van der Waals surface area (Å²) in [5.74, 6) is -0.194. The maximum atomic E-state index is 12.2. The van der Waals surface area contributed by atoms with Gasteiger partial charge in [-0.15, -0.1) is 0 Å². The predicted molar refractivity (Wildman–Crippen MR) is 89.2 cm³/mol. The normalized spacial score (nSPS) is 10.1. The topological polar surface area (TPSA) is 55.1 Å². The van der Waals surface area contributed by atoms with Gasteiger partial charge in [-0.2, -0.15) is 0 Å². The molecular formula is C15H13BrN2OS. The summed E-state index contributed by atoms with van der Waals surface area (Å²) in [5.41, 5.74) is 8.59. The fraction of sp³-hybridized carbons (Fsp3) is 0.0667. The van der Waals surface area contributed by atoms with Crippen LogP contribution in [0.4, 0.5) is 5.69 Å². The number of hydrogen-bond donors (Lipinski definition) is 2. The second-order valence-corrected chi connectivity index (χ2v) is 5.73. The van der Waals surface area contributed by atoms with Gasteiger partial charge < -0.3 is 11.1 Å². The molecule has 3 nitrogen and oxygen atoms in total. The minimum Gasteiger partial charge on any atom is -0.389 e. The second-order valence-electron chi connectivity index (χ2n) is 4.37. The number of amides is 1. The lowest BCUT2D eigenvalue weighted by atomic mass is 10.1. The summed E-state index contributed by atoms with van der Waals surface area (Å²) in [6, 6.07) is 12.7. The third-order valence-electron chi connectivity index (χ3n) is 2.81. The average Bonchev–Trinajstić information content (AvgIpc) is 2.39. The molecule has 3 N–H and O–H groups in total. The summed E-state index contributed by atoms with van der Waals surface area (Å²) in [6.07, 6.45) is 0. The SMILES string of the molecule is Cc1ccc(C(=O)Nc2cc(Br)ccc2C(N)=S)cc1. The molecule has 2 aromatic rings. The van der Waals surface area contributed by atoms with Crippen molar-refractivity contribution in [2.75, 3.05) is 5.32 Å². The van der Waals surface area contributed by atoms with E-state index in [1.54, 1.807) is 24.3 Å². The van der Waals surface area contributed by atoms with Gasteiger partial charge in [-0.05, 0) is 37.3 Å². The van der Waals surface area contributed by atoms with E-state index in [0.29, 0.717) is 16.8 Å². The van der Waals surface area contributed by atoms with Gasteiger partial charge in [0.1, 0.15) is 4.99 Å². The van der Waals surface area contributed by atoms with Crippen LogP contribution in [0.25, 0.3) is 0 Å². The van der Waals surface area contributed by atoms with Crippen LogP contribution in [0.15, 0.2) is 46.9 Å². The summed E-state index contributed by atoms with van der Waals surface area (Å²) < 4.78 is 0.844. The first kappa shape index (κ1) is 14.7. The Kier molecular flexibility index (Phi) is 4.52. The lowest BCUT2D eigenvalue weighted by Crippen LogP contribution is -2.17. The van der Waals surface area contributed by atoms with Crippen LogP contribution in [0.1, 0.15) is 21.5 Å². The lowest BCUT2D eigenvalue weighted by Gasteiger charge is -2.11. The van der Waals surface area contributed by atoms with Crippen LogP contribution >= 0.6 is 28.1 Å². The van der Waals surface area contributed by atoms with Gasteiger partial charge in [0.2, 0.25) is 0 Å². The maximum absolute atomic E-state index is 12.2. The first-order valence-corrected chi connectivity index (χ1v) is 7.15. The van der Waals surface area contributed by atoms with Gasteiger partial charge in [-0.25, -0.2) is 0 Å². The van der Waals surface area contributed by atoms with Crippen molar-refractivity contribution >= 4 is 44.7 Å². The molecule has 0 aliphatic carbocycles. The van der Waals surface area contributed by atoms with Crippen LogP contribution in [0.3, 0.4) is 0 Å². The fourth-order valence-electron chi connectivity index (χ4n) is 1.73. The van der Waals surface area contributed by atoms with Gasteiger partial charge in [0.15, 0.2) is 0 Å². The van der Waals surface area contributed by atoms with Crippen LogP contribution in [0.2, 0.25) is 0 Å². The third kappa shape index (κ3) is 3.43. The molecule has 0 spiro atoms. The Bertz CT molecular complexity index is 668. The van der Waals surface area contributed by atoms with Crippen LogP contribution in [0, 0.1) is 6.92 Å². The Hall–Kier alpha value is -1.72. The molecule has 20 heavy (non-hydrogen) atoms. The number of halogens is 1. The van der Waals surface area contributed by atoms with Crippen molar-refractivity contribution in [2.45, 2.75) is 6.92 Å². The van der Waals surface area contributed by atoms with Crippen LogP contribution in [-0.2, 0) is 0 Å². The maximum Gasteiger partial charge on any atom is 0.255 e. The number of nitrogens with one attached hydrogen (secondary N) is 1. The molecule has 102 valence electrons. The number of benzene rings is 2. The summed E-state index contributed by atoms with van der Waals surface area (Å²) in [7, 11) is 0. The number of carbonyl (C=O) groups is 1. The highest BCUT2D eigenvalue weighted by Crippen LogP contribution is 2.22. The smallest absolute Gasteiger partial charge is 0.255 e. The van der Waals surface area contributed by atoms with E-state index in [1.807, 2.05) is 25.1 Å². The van der Waals surface area contributed by atoms with E-state index in [0.717, 1.165) is 10.0 Å². The molecule has 5 heteroatoms. The minimum atomic E-state index is -0.194. The van der Waals surface area contributed by atoms with E-state index in [-0.39, 0.29) is 10.9 Å². The summed E-state index contributed by atoms with van der Waals surface area (Å²) in [6.45, 7) is 1.97. The molecule has 0 saturated carbocycles. The Morgan fingerprint density at radius 2 is 1.85 bits per heavy atom. The van der Waals surface area contributed by atoms with E-state index >= 15 is 0 Å². The van der Waals surface area contributed by atoms with Crippen molar-refractivity contribution in [3.8, 4) is 0 Å². The molecule has 0 radical (unpaired) electrons. The van der Waals surface area contributed by atoms with Gasteiger partial charge in [0.25, 0.3) is 5.91 Å². The molecule has 1 amide bonds. The number of anilines is 1. The Morgan fingerprint density at radius 3 is 2.45 bits per heavy atom. The lowest BCUT2D eigenvalue weighted by molar-refractivity contribution is 0.102. The van der Waals surface area contributed by atoms with Crippen molar-refractivity contribution in [1.29, 1.82) is 0 Å². The number of carbonyl (C=O) groups excluding carboxylic acids is 1. The van der Waals surface area contributed by atoms with Gasteiger partial charge in [0, 0.05) is 15.6 Å². The van der Waals surface area contributed by atoms with E-state index in [2.05, 4.69) is 21.2 Å². The first-order valence-electron chi connectivity index (χ1n) is 5.95.